The molecule has 0 aliphatic heterocycles. The van der Waals surface area contributed by atoms with Gasteiger partial charge in [-0.25, -0.2) is 4.98 Å². The normalized spacial score (nSPS) is 11.7. The van der Waals surface area contributed by atoms with Crippen LogP contribution in [0.1, 0.15) is 21.8 Å². The predicted molar refractivity (Wildman–Crippen MR) is 76.3 cm³/mol. The summed E-state index contributed by atoms with van der Waals surface area (Å²) in [6.45, 7) is 3.44. The van der Waals surface area contributed by atoms with Crippen LogP contribution in [0.25, 0.3) is 0 Å². The molecule has 0 fully saturated rings. The molecule has 0 saturated heterocycles. The number of hydrogen-bond donors (Lipinski definition) is 3. The van der Waals surface area contributed by atoms with Crippen molar-refractivity contribution in [3.05, 3.63) is 51.5 Å². The molecular formula is C13H16N4OS. The number of amidine groups is 1. The molecule has 0 spiro atoms. The van der Waals surface area contributed by atoms with E-state index in [0.29, 0.717) is 12.1 Å². The van der Waals surface area contributed by atoms with Crippen molar-refractivity contribution in [3.63, 3.8) is 0 Å². The van der Waals surface area contributed by atoms with Gasteiger partial charge in [-0.05, 0) is 18.6 Å². The zero-order valence-electron chi connectivity index (χ0n) is 10.6. The number of aromatic nitrogens is 1. The van der Waals surface area contributed by atoms with E-state index < -0.39 is 0 Å². The molecule has 1 heterocycles. The molecule has 6 heteroatoms. The van der Waals surface area contributed by atoms with Crippen molar-refractivity contribution in [2.45, 2.75) is 20.0 Å². The Balaban J connectivity index is 1.92. The SMILES string of the molecule is Cc1csc(CNCc2cccc(C(N)=NO)c2)n1. The molecule has 5 nitrogen and oxygen atoms in total. The van der Waals surface area contributed by atoms with Gasteiger partial charge in [-0.15, -0.1) is 11.3 Å². The molecule has 0 radical (unpaired) electrons. The van der Waals surface area contributed by atoms with Crippen molar-refractivity contribution in [2.24, 2.45) is 10.9 Å². The Morgan fingerprint density at radius 1 is 1.47 bits per heavy atom. The third kappa shape index (κ3) is 3.77. The van der Waals surface area contributed by atoms with Gasteiger partial charge in [0.1, 0.15) is 5.01 Å². The molecule has 0 unspecified atom stereocenters. The van der Waals surface area contributed by atoms with Crippen molar-refractivity contribution < 1.29 is 5.21 Å². The number of aryl methyl sites for hydroxylation is 1. The molecule has 19 heavy (non-hydrogen) atoms. The standard InChI is InChI=1S/C13H16N4OS/c1-9-8-19-12(16-9)7-15-6-10-3-2-4-11(5-10)13(14)17-18/h2-5,8,15,18H,6-7H2,1H3,(H2,14,17). The first-order chi connectivity index (χ1) is 9.19. The van der Waals surface area contributed by atoms with Gasteiger partial charge in [0.2, 0.25) is 0 Å². The number of benzene rings is 1. The largest absolute Gasteiger partial charge is 0.409 e. The average Bonchev–Trinajstić information content (AvgIpc) is 2.84. The zero-order valence-corrected chi connectivity index (χ0v) is 11.4. The molecule has 100 valence electrons. The van der Waals surface area contributed by atoms with E-state index >= 15 is 0 Å². The van der Waals surface area contributed by atoms with Crippen LogP contribution in [0, 0.1) is 6.92 Å². The van der Waals surface area contributed by atoms with Crippen LogP contribution in [-0.4, -0.2) is 16.0 Å². The van der Waals surface area contributed by atoms with Crippen LogP contribution in [0.4, 0.5) is 0 Å². The third-order valence-electron chi connectivity index (χ3n) is 2.60. The quantitative estimate of drug-likeness (QED) is 0.337. The second-order valence-corrected chi connectivity index (χ2v) is 5.11. The van der Waals surface area contributed by atoms with Crippen LogP contribution >= 0.6 is 11.3 Å². The van der Waals surface area contributed by atoms with Crippen LogP contribution in [0.5, 0.6) is 0 Å². The second-order valence-electron chi connectivity index (χ2n) is 4.17. The summed E-state index contributed by atoms with van der Waals surface area (Å²) in [6, 6.07) is 7.59. The van der Waals surface area contributed by atoms with Crippen LogP contribution in [0.2, 0.25) is 0 Å². The molecular weight excluding hydrogens is 260 g/mol. The lowest BCUT2D eigenvalue weighted by molar-refractivity contribution is 0.318. The van der Waals surface area contributed by atoms with E-state index in [-0.39, 0.29) is 5.84 Å². The van der Waals surface area contributed by atoms with E-state index in [9.17, 15) is 0 Å². The van der Waals surface area contributed by atoms with Gasteiger partial charge in [-0.3, -0.25) is 0 Å². The summed E-state index contributed by atoms with van der Waals surface area (Å²) in [7, 11) is 0. The van der Waals surface area contributed by atoms with Crippen LogP contribution in [-0.2, 0) is 13.1 Å². The van der Waals surface area contributed by atoms with Crippen LogP contribution in [0.15, 0.2) is 34.8 Å². The average molecular weight is 276 g/mol. The Bertz CT molecular complexity index is 580. The maximum atomic E-state index is 8.65. The summed E-state index contributed by atoms with van der Waals surface area (Å²) in [6.07, 6.45) is 0. The van der Waals surface area contributed by atoms with E-state index in [2.05, 4.69) is 15.5 Å². The first-order valence-corrected chi connectivity index (χ1v) is 6.75. The molecule has 4 N–H and O–H groups in total. The lowest BCUT2D eigenvalue weighted by atomic mass is 10.1. The monoisotopic (exact) mass is 276 g/mol. The summed E-state index contributed by atoms with van der Waals surface area (Å²) in [5.74, 6) is 0.123. The van der Waals surface area contributed by atoms with Gasteiger partial charge in [-0.2, -0.15) is 0 Å². The highest BCUT2D eigenvalue weighted by molar-refractivity contribution is 7.09. The topological polar surface area (TPSA) is 83.5 Å². The van der Waals surface area contributed by atoms with E-state index in [1.807, 2.05) is 36.6 Å². The summed E-state index contributed by atoms with van der Waals surface area (Å²) in [5.41, 5.74) is 8.40. The number of thiazole rings is 1. The minimum atomic E-state index is 0.123. The molecule has 0 atom stereocenters. The molecule has 2 rings (SSSR count). The fourth-order valence-corrected chi connectivity index (χ4v) is 2.44. The maximum Gasteiger partial charge on any atom is 0.170 e. The van der Waals surface area contributed by atoms with Crippen LogP contribution in [0.3, 0.4) is 0 Å². The van der Waals surface area contributed by atoms with Crippen molar-refractivity contribution in [2.75, 3.05) is 0 Å². The highest BCUT2D eigenvalue weighted by Crippen LogP contribution is 2.09. The lowest BCUT2D eigenvalue weighted by Gasteiger charge is -2.05. The lowest BCUT2D eigenvalue weighted by Crippen LogP contribution is -2.15. The third-order valence-corrected chi connectivity index (χ3v) is 3.57. The van der Waals surface area contributed by atoms with E-state index in [1.54, 1.807) is 11.3 Å². The summed E-state index contributed by atoms with van der Waals surface area (Å²) in [4.78, 5) is 4.38. The Hall–Kier alpha value is -1.92. The molecule has 0 aliphatic rings. The second kappa shape index (κ2) is 6.31. The number of nitrogens with two attached hydrogens (primary N) is 1. The van der Waals surface area contributed by atoms with Gasteiger partial charge in [0.15, 0.2) is 5.84 Å². The number of nitrogens with one attached hydrogen (secondary N) is 1. The van der Waals surface area contributed by atoms with E-state index in [1.165, 1.54) is 0 Å². The Labute approximate surface area is 115 Å². The van der Waals surface area contributed by atoms with Gasteiger partial charge in [0.05, 0.1) is 0 Å². The molecule has 0 bridgehead atoms. The molecule has 0 aliphatic carbocycles. The number of hydrogen-bond acceptors (Lipinski definition) is 5. The minimum Gasteiger partial charge on any atom is -0.409 e. The van der Waals surface area contributed by atoms with Gasteiger partial charge in [-0.1, -0.05) is 23.4 Å². The minimum absolute atomic E-state index is 0.123. The molecule has 2 aromatic rings. The van der Waals surface area contributed by atoms with E-state index in [4.69, 9.17) is 10.9 Å². The Morgan fingerprint density at radius 2 is 2.32 bits per heavy atom. The van der Waals surface area contributed by atoms with Gasteiger partial charge >= 0.3 is 0 Å². The van der Waals surface area contributed by atoms with Gasteiger partial charge in [0, 0.05) is 29.7 Å². The number of oxime groups is 1. The van der Waals surface area contributed by atoms with Gasteiger partial charge in [0.25, 0.3) is 0 Å². The highest BCUT2D eigenvalue weighted by Gasteiger charge is 2.01. The fourth-order valence-electron chi connectivity index (χ4n) is 1.70. The summed E-state index contributed by atoms with van der Waals surface area (Å²) < 4.78 is 0. The summed E-state index contributed by atoms with van der Waals surface area (Å²) >= 11 is 1.65. The highest BCUT2D eigenvalue weighted by atomic mass is 32.1. The fraction of sp³-hybridized carbons (Fsp3) is 0.231. The zero-order chi connectivity index (χ0) is 13.7. The first kappa shape index (κ1) is 13.5. The van der Waals surface area contributed by atoms with Crippen molar-refractivity contribution in [3.8, 4) is 0 Å². The first-order valence-electron chi connectivity index (χ1n) is 5.87. The van der Waals surface area contributed by atoms with Crippen molar-refractivity contribution in [1.29, 1.82) is 0 Å². The molecule has 1 aromatic carbocycles. The Morgan fingerprint density at radius 3 is 3.00 bits per heavy atom. The van der Waals surface area contributed by atoms with E-state index in [0.717, 1.165) is 22.8 Å². The van der Waals surface area contributed by atoms with Crippen LogP contribution < -0.4 is 11.1 Å². The predicted octanol–water partition coefficient (Wildman–Crippen LogP) is 1.84. The number of rotatable bonds is 5. The molecule has 0 saturated carbocycles. The number of nitrogens with zero attached hydrogens (tertiary/aromatic N) is 2. The Kier molecular flexibility index (Phi) is 4.48. The maximum absolute atomic E-state index is 8.65. The van der Waals surface area contributed by atoms with Crippen molar-refractivity contribution in [1.82, 2.24) is 10.3 Å². The molecule has 1 aromatic heterocycles. The van der Waals surface area contributed by atoms with Crippen molar-refractivity contribution >= 4 is 17.2 Å². The molecule has 0 amide bonds. The smallest absolute Gasteiger partial charge is 0.170 e. The van der Waals surface area contributed by atoms with Gasteiger partial charge < -0.3 is 16.3 Å². The summed E-state index contributed by atoms with van der Waals surface area (Å²) in [5, 5.41) is 18.1.